The highest BCUT2D eigenvalue weighted by Crippen LogP contribution is 2.33. The Morgan fingerprint density at radius 1 is 0.980 bits per heavy atom. The SMILES string of the molecule is CN1CCN(CCOc2cnc(N[C@H]3CC[C@@H](Oc4nc(N5CCOCC5)cc5ncc(S(=O)(=O)NC(O)OC(C)(C)C)cc45)CC3)nc2)CC1. The van der Waals surface area contributed by atoms with Gasteiger partial charge >= 0.3 is 0 Å². The van der Waals surface area contributed by atoms with Crippen LogP contribution in [0.1, 0.15) is 46.5 Å². The fourth-order valence-electron chi connectivity index (χ4n) is 6.31. The van der Waals surface area contributed by atoms with Crippen LogP contribution in [0.5, 0.6) is 11.6 Å². The van der Waals surface area contributed by atoms with E-state index in [1.54, 1.807) is 33.2 Å². The van der Waals surface area contributed by atoms with Gasteiger partial charge in [0.1, 0.15) is 23.4 Å². The Labute approximate surface area is 299 Å². The van der Waals surface area contributed by atoms with Crippen molar-refractivity contribution in [3.05, 3.63) is 30.7 Å². The Hall–Kier alpha value is -3.45. The molecule has 3 aromatic rings. The van der Waals surface area contributed by atoms with Crippen LogP contribution in [0.4, 0.5) is 11.8 Å². The number of rotatable bonds is 13. The summed E-state index contributed by atoms with van der Waals surface area (Å²) < 4.78 is 51.9. The van der Waals surface area contributed by atoms with Crippen LogP contribution < -0.4 is 24.4 Å². The van der Waals surface area contributed by atoms with E-state index < -0.39 is 22.0 Å². The summed E-state index contributed by atoms with van der Waals surface area (Å²) in [7, 11) is -2.03. The molecule has 0 bridgehead atoms. The van der Waals surface area contributed by atoms with Gasteiger partial charge in [0.2, 0.25) is 28.3 Å². The van der Waals surface area contributed by atoms with E-state index in [9.17, 15) is 13.5 Å². The number of morpholine rings is 1. The van der Waals surface area contributed by atoms with Crippen LogP contribution in [0.2, 0.25) is 0 Å². The van der Waals surface area contributed by atoms with Gasteiger partial charge in [-0.15, -0.1) is 0 Å². The molecule has 0 spiro atoms. The lowest BCUT2D eigenvalue weighted by Crippen LogP contribution is -2.45. The Kier molecular flexibility index (Phi) is 12.1. The van der Waals surface area contributed by atoms with Gasteiger partial charge in [0.05, 0.1) is 42.1 Å². The molecule has 1 aliphatic carbocycles. The smallest absolute Gasteiger partial charge is 0.246 e. The predicted molar refractivity (Wildman–Crippen MR) is 191 cm³/mol. The van der Waals surface area contributed by atoms with Crippen molar-refractivity contribution in [3.8, 4) is 11.6 Å². The van der Waals surface area contributed by atoms with E-state index in [0.717, 1.165) is 58.4 Å². The van der Waals surface area contributed by atoms with Crippen molar-refractivity contribution < 1.29 is 32.5 Å². The maximum Gasteiger partial charge on any atom is 0.246 e. The van der Waals surface area contributed by atoms with Crippen LogP contribution in [0.3, 0.4) is 0 Å². The number of anilines is 2. The lowest BCUT2D eigenvalue weighted by molar-refractivity contribution is -0.170. The maximum atomic E-state index is 13.2. The molecule has 3 aromatic heterocycles. The van der Waals surface area contributed by atoms with E-state index in [1.807, 2.05) is 6.07 Å². The molecule has 6 rings (SSSR count). The van der Waals surface area contributed by atoms with Gasteiger partial charge in [-0.25, -0.2) is 18.4 Å². The summed E-state index contributed by atoms with van der Waals surface area (Å²) in [5.41, 5.74) is -0.221. The van der Waals surface area contributed by atoms with Gasteiger partial charge in [0.25, 0.3) is 0 Å². The number of aliphatic hydroxyl groups excluding tert-OH is 1. The van der Waals surface area contributed by atoms with Crippen LogP contribution in [0.25, 0.3) is 10.9 Å². The minimum absolute atomic E-state index is 0.142. The quantitative estimate of drug-likeness (QED) is 0.218. The monoisotopic (exact) mass is 729 g/mol. The standard InChI is InChI=1S/C34H51N9O7S/c1-34(2,3)50-33(44)40-51(45,46)27-19-28-29(35-23-27)20-30(43-14-16-47-17-15-43)39-31(28)49-25-7-5-24(6-8-25)38-32-36-21-26(22-37-32)48-18-13-42-11-9-41(4)10-12-42/h19-25,33,40,44H,5-18H2,1-4H3,(H,36,37,38)/t24-,25+,33?. The number of hydrogen-bond acceptors (Lipinski definition) is 15. The molecule has 51 heavy (non-hydrogen) atoms. The number of pyridine rings is 2. The van der Waals surface area contributed by atoms with Crippen molar-refractivity contribution in [2.75, 3.05) is 82.9 Å². The van der Waals surface area contributed by atoms with Crippen LogP contribution >= 0.6 is 0 Å². The molecular weight excluding hydrogens is 678 g/mol. The zero-order valence-electron chi connectivity index (χ0n) is 30.0. The van der Waals surface area contributed by atoms with Crippen LogP contribution in [-0.4, -0.2) is 140 Å². The van der Waals surface area contributed by atoms with Gasteiger partial charge < -0.3 is 39.2 Å². The first-order valence-corrected chi connectivity index (χ1v) is 19.2. The minimum atomic E-state index is -4.18. The van der Waals surface area contributed by atoms with Gasteiger partial charge in [0, 0.05) is 64.1 Å². The molecule has 1 saturated carbocycles. The molecule has 1 unspecified atom stereocenters. The first-order valence-electron chi connectivity index (χ1n) is 17.7. The molecule has 2 saturated heterocycles. The first kappa shape index (κ1) is 37.3. The van der Waals surface area contributed by atoms with Gasteiger partial charge in [-0.05, 0) is 59.6 Å². The second-order valence-corrected chi connectivity index (χ2v) is 16.0. The molecule has 280 valence electrons. The molecule has 3 fully saturated rings. The summed E-state index contributed by atoms with van der Waals surface area (Å²) in [6.07, 6.45) is 5.95. The summed E-state index contributed by atoms with van der Waals surface area (Å²) in [6, 6.07) is 3.48. The van der Waals surface area contributed by atoms with Crippen molar-refractivity contribution >= 4 is 32.7 Å². The molecule has 17 heteroatoms. The summed E-state index contributed by atoms with van der Waals surface area (Å²) >= 11 is 0. The largest absolute Gasteiger partial charge is 0.489 e. The zero-order valence-corrected chi connectivity index (χ0v) is 30.8. The lowest BCUT2D eigenvalue weighted by Gasteiger charge is -2.32. The molecule has 0 aromatic carbocycles. The minimum Gasteiger partial charge on any atom is -0.489 e. The fraction of sp³-hybridized carbons (Fsp3) is 0.647. The molecule has 3 N–H and O–H groups in total. The Bertz CT molecular complexity index is 1690. The number of likely N-dealkylation sites (N-methyl/N-ethyl adjacent to an activating group) is 1. The van der Waals surface area contributed by atoms with Crippen LogP contribution in [-0.2, 0) is 19.5 Å². The molecule has 2 aliphatic heterocycles. The third-order valence-corrected chi connectivity index (χ3v) is 10.5. The number of aromatic nitrogens is 4. The normalized spacial score (nSPS) is 21.8. The highest BCUT2D eigenvalue weighted by Gasteiger charge is 2.28. The van der Waals surface area contributed by atoms with Gasteiger partial charge in [-0.3, -0.25) is 9.88 Å². The fourth-order valence-corrected chi connectivity index (χ4v) is 7.22. The number of hydrogen-bond donors (Lipinski definition) is 3. The number of ether oxygens (including phenoxy) is 4. The van der Waals surface area contributed by atoms with Crippen molar-refractivity contribution in [1.29, 1.82) is 0 Å². The zero-order chi connectivity index (χ0) is 36.0. The third-order valence-electron chi connectivity index (χ3n) is 9.16. The molecule has 3 aliphatic rings. The molecule has 0 amide bonds. The predicted octanol–water partition coefficient (Wildman–Crippen LogP) is 2.05. The number of nitrogens with zero attached hydrogens (tertiary/aromatic N) is 7. The van der Waals surface area contributed by atoms with Gasteiger partial charge in [0.15, 0.2) is 5.75 Å². The average Bonchev–Trinajstić information content (AvgIpc) is 3.10. The summed E-state index contributed by atoms with van der Waals surface area (Å²) in [4.78, 5) is 25.0. The van der Waals surface area contributed by atoms with E-state index in [2.05, 4.69) is 46.7 Å². The molecule has 5 heterocycles. The molecule has 0 radical (unpaired) electrons. The van der Waals surface area contributed by atoms with Gasteiger partial charge in [-0.1, -0.05) is 0 Å². The second-order valence-electron chi connectivity index (χ2n) is 14.3. The summed E-state index contributed by atoms with van der Waals surface area (Å²) in [6.45, 7) is 13.4. The summed E-state index contributed by atoms with van der Waals surface area (Å²) in [5.74, 6) is 2.22. The summed E-state index contributed by atoms with van der Waals surface area (Å²) in [5, 5.41) is 14.1. The third kappa shape index (κ3) is 10.6. The number of aliphatic hydroxyl groups is 1. The number of sulfonamides is 1. The Morgan fingerprint density at radius 2 is 1.69 bits per heavy atom. The van der Waals surface area contributed by atoms with Crippen molar-refractivity contribution in [1.82, 2.24) is 34.5 Å². The van der Waals surface area contributed by atoms with Crippen molar-refractivity contribution in [2.24, 2.45) is 0 Å². The van der Waals surface area contributed by atoms with E-state index in [0.29, 0.717) is 67.2 Å². The second kappa shape index (κ2) is 16.5. The van der Waals surface area contributed by atoms with Crippen LogP contribution in [0, 0.1) is 0 Å². The number of nitrogens with one attached hydrogen (secondary N) is 2. The average molecular weight is 730 g/mol. The number of piperazine rings is 1. The van der Waals surface area contributed by atoms with E-state index >= 15 is 0 Å². The topological polar surface area (TPSA) is 177 Å². The highest BCUT2D eigenvalue weighted by molar-refractivity contribution is 7.89. The molecule has 16 nitrogen and oxygen atoms in total. The van der Waals surface area contributed by atoms with E-state index in [-0.39, 0.29) is 17.0 Å². The number of fused-ring (bicyclic) bond motifs is 1. The van der Waals surface area contributed by atoms with Crippen molar-refractivity contribution in [3.63, 3.8) is 0 Å². The van der Waals surface area contributed by atoms with E-state index in [4.69, 9.17) is 23.9 Å². The van der Waals surface area contributed by atoms with Crippen molar-refractivity contribution in [2.45, 2.75) is 75.5 Å². The lowest BCUT2D eigenvalue weighted by atomic mass is 9.93. The Balaban J connectivity index is 1.08. The molecular formula is C34H51N9O7S. The van der Waals surface area contributed by atoms with Crippen LogP contribution in [0.15, 0.2) is 35.6 Å². The Morgan fingerprint density at radius 3 is 2.37 bits per heavy atom. The van der Waals surface area contributed by atoms with Gasteiger partial charge in [-0.2, -0.15) is 9.71 Å². The molecule has 1 atom stereocenters. The first-order chi connectivity index (χ1) is 24.4. The maximum absolute atomic E-state index is 13.2. The highest BCUT2D eigenvalue weighted by atomic mass is 32.2. The van der Waals surface area contributed by atoms with E-state index in [1.165, 1.54) is 12.3 Å².